The summed E-state index contributed by atoms with van der Waals surface area (Å²) in [5.41, 5.74) is 2.83. The molecule has 1 aromatic carbocycles. The topological polar surface area (TPSA) is 75.7 Å². The fourth-order valence-corrected chi connectivity index (χ4v) is 8.01. The smallest absolute Gasteiger partial charge is 0.310 e. The molecule has 6 atom stereocenters. The van der Waals surface area contributed by atoms with Gasteiger partial charge < -0.3 is 15.0 Å². The molecule has 6 nitrogen and oxygen atoms in total. The minimum absolute atomic E-state index is 0.00466. The largest absolute Gasteiger partial charge is 0.462 e. The molecule has 4 aliphatic rings. The van der Waals surface area contributed by atoms with Gasteiger partial charge in [0.15, 0.2) is 5.78 Å². The number of anilines is 1. The highest BCUT2D eigenvalue weighted by Crippen LogP contribution is 2.54. The molecule has 38 heavy (non-hydrogen) atoms. The third kappa shape index (κ3) is 5.62. The molecule has 2 saturated carbocycles. The van der Waals surface area contributed by atoms with Crippen molar-refractivity contribution in [2.45, 2.75) is 69.9 Å². The van der Waals surface area contributed by atoms with Crippen molar-refractivity contribution < 1.29 is 19.1 Å². The van der Waals surface area contributed by atoms with E-state index in [2.05, 4.69) is 17.1 Å². The molecule has 1 aliphatic heterocycles. The van der Waals surface area contributed by atoms with E-state index < -0.39 is 0 Å². The van der Waals surface area contributed by atoms with E-state index in [1.165, 1.54) is 0 Å². The molecule has 0 spiro atoms. The van der Waals surface area contributed by atoms with Gasteiger partial charge in [-0.3, -0.25) is 14.4 Å². The predicted molar refractivity (Wildman–Crippen MR) is 150 cm³/mol. The van der Waals surface area contributed by atoms with Gasteiger partial charge in [0.05, 0.1) is 6.42 Å². The van der Waals surface area contributed by atoms with E-state index in [1.807, 2.05) is 30.3 Å². The number of carbonyl (C=O) groups excluding carboxylic acids is 3. The first-order chi connectivity index (χ1) is 18.3. The van der Waals surface area contributed by atoms with Gasteiger partial charge in [-0.2, -0.15) is 0 Å². The quantitative estimate of drug-likeness (QED) is 0.356. The Hall–Kier alpha value is -2.05. The average Bonchev–Trinajstić information content (AvgIpc) is 2.88. The maximum absolute atomic E-state index is 13.4. The van der Waals surface area contributed by atoms with Crippen molar-refractivity contribution in [1.82, 2.24) is 5.32 Å². The van der Waals surface area contributed by atoms with Crippen LogP contribution in [-0.4, -0.2) is 54.2 Å². The first-order valence-electron chi connectivity index (χ1n) is 14.0. The predicted octanol–water partition coefficient (Wildman–Crippen LogP) is 5.05. The van der Waals surface area contributed by atoms with Gasteiger partial charge in [0.2, 0.25) is 5.91 Å². The summed E-state index contributed by atoms with van der Waals surface area (Å²) < 4.78 is 5.90. The standard InChI is InChI=1S/C30H38Cl2N2O4/c1-30-11-10-24-23-7-6-22(17-20(23)18-26(35)29(24)25(30)8-9-27(36)33-30)38-28(37)16-19-2-4-21(5-3-19)34(14-12-31)15-13-32/h2-5,18,22-25,29H,6-17H2,1H3,(H,33,36)/t22-,23-,24+,25-,29+,30-/m0/s1. The number of fused-ring (bicyclic) bond motifs is 5. The van der Waals surface area contributed by atoms with Crippen molar-refractivity contribution in [3.05, 3.63) is 41.5 Å². The minimum Gasteiger partial charge on any atom is -0.462 e. The summed E-state index contributed by atoms with van der Waals surface area (Å²) in [6, 6.07) is 7.90. The van der Waals surface area contributed by atoms with Crippen LogP contribution in [0.5, 0.6) is 0 Å². The van der Waals surface area contributed by atoms with Crippen molar-refractivity contribution in [2.75, 3.05) is 29.7 Å². The second kappa shape index (κ2) is 11.6. The van der Waals surface area contributed by atoms with Crippen LogP contribution in [0, 0.1) is 23.7 Å². The highest BCUT2D eigenvalue weighted by atomic mass is 35.5. The SMILES string of the molecule is C[C@]12CC[C@H]3[C@@H](C(=O)C=C4C[C@@H](OC(=O)Cc5ccc(N(CCCl)CCCl)cc5)CC[C@@H]43)[C@@H]1CCC(=O)N2. The van der Waals surface area contributed by atoms with Crippen LogP contribution < -0.4 is 10.2 Å². The molecule has 5 rings (SSSR count). The number of alkyl halides is 2. The average molecular weight is 562 g/mol. The molecule has 1 heterocycles. The number of hydrogen-bond donors (Lipinski definition) is 1. The van der Waals surface area contributed by atoms with Crippen LogP contribution in [0.25, 0.3) is 0 Å². The number of rotatable bonds is 8. The van der Waals surface area contributed by atoms with Crippen LogP contribution in [0.3, 0.4) is 0 Å². The lowest BCUT2D eigenvalue weighted by atomic mass is 9.52. The second-order valence-electron chi connectivity index (χ2n) is 11.7. The number of piperidine rings is 1. The highest BCUT2D eigenvalue weighted by molar-refractivity contribution is 6.18. The van der Waals surface area contributed by atoms with E-state index in [-0.39, 0.29) is 47.6 Å². The van der Waals surface area contributed by atoms with E-state index in [0.29, 0.717) is 36.4 Å². The summed E-state index contributed by atoms with van der Waals surface area (Å²) in [7, 11) is 0. The maximum atomic E-state index is 13.4. The zero-order valence-electron chi connectivity index (χ0n) is 22.1. The number of ether oxygens (including phenoxy) is 1. The van der Waals surface area contributed by atoms with Gasteiger partial charge in [0, 0.05) is 54.8 Å². The number of ketones is 1. The number of amides is 1. The van der Waals surface area contributed by atoms with Crippen LogP contribution in [-0.2, 0) is 25.5 Å². The van der Waals surface area contributed by atoms with Crippen LogP contribution >= 0.6 is 23.2 Å². The Morgan fingerprint density at radius 2 is 1.82 bits per heavy atom. The number of halogens is 2. The fourth-order valence-electron chi connectivity index (χ4n) is 7.60. The van der Waals surface area contributed by atoms with Crippen LogP contribution in [0.4, 0.5) is 5.69 Å². The Labute approximate surface area is 235 Å². The Morgan fingerprint density at radius 1 is 1.08 bits per heavy atom. The molecule has 0 radical (unpaired) electrons. The number of carbonyl (C=O) groups is 3. The van der Waals surface area contributed by atoms with E-state index in [0.717, 1.165) is 62.0 Å². The zero-order chi connectivity index (χ0) is 26.9. The summed E-state index contributed by atoms with van der Waals surface area (Å²) in [5.74, 6) is 2.06. The summed E-state index contributed by atoms with van der Waals surface area (Å²) in [4.78, 5) is 40.4. The molecule has 3 aliphatic carbocycles. The molecular formula is C30H38Cl2N2O4. The van der Waals surface area contributed by atoms with E-state index in [9.17, 15) is 14.4 Å². The molecule has 1 N–H and O–H groups in total. The molecule has 1 aromatic rings. The maximum Gasteiger partial charge on any atom is 0.310 e. The van der Waals surface area contributed by atoms with Crippen molar-refractivity contribution in [3.8, 4) is 0 Å². The Bertz CT molecular complexity index is 1080. The van der Waals surface area contributed by atoms with Crippen molar-refractivity contribution in [2.24, 2.45) is 23.7 Å². The minimum atomic E-state index is -0.269. The van der Waals surface area contributed by atoms with Gasteiger partial charge >= 0.3 is 5.97 Å². The molecular weight excluding hydrogens is 523 g/mol. The molecule has 8 heteroatoms. The van der Waals surface area contributed by atoms with Crippen molar-refractivity contribution in [1.29, 1.82) is 0 Å². The monoisotopic (exact) mass is 560 g/mol. The molecule has 0 aromatic heterocycles. The second-order valence-corrected chi connectivity index (χ2v) is 12.4. The van der Waals surface area contributed by atoms with Crippen LogP contribution in [0.2, 0.25) is 0 Å². The van der Waals surface area contributed by atoms with E-state index in [1.54, 1.807) is 0 Å². The van der Waals surface area contributed by atoms with Crippen molar-refractivity contribution in [3.63, 3.8) is 0 Å². The van der Waals surface area contributed by atoms with E-state index in [4.69, 9.17) is 27.9 Å². The first-order valence-corrected chi connectivity index (χ1v) is 15.1. The molecule has 1 saturated heterocycles. The van der Waals surface area contributed by atoms with Crippen LogP contribution in [0.15, 0.2) is 35.9 Å². The van der Waals surface area contributed by atoms with Gasteiger partial charge in [-0.05, 0) is 80.6 Å². The Balaban J connectivity index is 1.19. The molecule has 3 fully saturated rings. The molecule has 0 unspecified atom stereocenters. The fraction of sp³-hybridized carbons (Fsp3) is 0.633. The number of hydrogen-bond acceptors (Lipinski definition) is 5. The summed E-state index contributed by atoms with van der Waals surface area (Å²) in [6.07, 6.45) is 7.51. The lowest BCUT2D eigenvalue weighted by Crippen LogP contribution is -2.62. The first kappa shape index (κ1) is 27.5. The third-order valence-electron chi connectivity index (χ3n) is 9.39. The van der Waals surface area contributed by atoms with E-state index >= 15 is 0 Å². The van der Waals surface area contributed by atoms with Gasteiger partial charge in [-0.15, -0.1) is 23.2 Å². The third-order valence-corrected chi connectivity index (χ3v) is 9.72. The van der Waals surface area contributed by atoms with Gasteiger partial charge in [0.1, 0.15) is 6.10 Å². The number of esters is 1. The molecule has 0 bridgehead atoms. The zero-order valence-corrected chi connectivity index (χ0v) is 23.6. The van der Waals surface area contributed by atoms with Crippen LogP contribution in [0.1, 0.15) is 57.4 Å². The molecule has 206 valence electrons. The van der Waals surface area contributed by atoms with Crippen molar-refractivity contribution >= 4 is 46.5 Å². The highest BCUT2D eigenvalue weighted by Gasteiger charge is 2.55. The van der Waals surface area contributed by atoms with Gasteiger partial charge in [0.25, 0.3) is 0 Å². The lowest BCUT2D eigenvalue weighted by molar-refractivity contribution is -0.150. The summed E-state index contributed by atoms with van der Waals surface area (Å²) >= 11 is 11.8. The Kier molecular flexibility index (Phi) is 8.39. The number of nitrogens with zero attached hydrogens (tertiary/aromatic N) is 1. The normalized spacial score (nSPS) is 32.3. The number of allylic oxidation sites excluding steroid dienone is 1. The van der Waals surface area contributed by atoms with Gasteiger partial charge in [-0.1, -0.05) is 17.7 Å². The summed E-state index contributed by atoms with van der Waals surface area (Å²) in [6.45, 7) is 3.56. The number of benzene rings is 1. The van der Waals surface area contributed by atoms with Gasteiger partial charge in [-0.25, -0.2) is 0 Å². The Morgan fingerprint density at radius 3 is 2.53 bits per heavy atom. The molecule has 1 amide bonds. The number of nitrogens with one attached hydrogen (secondary N) is 1. The lowest BCUT2D eigenvalue weighted by Gasteiger charge is -2.55. The summed E-state index contributed by atoms with van der Waals surface area (Å²) in [5, 5.41) is 3.21.